The second-order valence-electron chi connectivity index (χ2n) is 17.8. The number of hydrogen-bond acceptors (Lipinski definition) is 5. The Morgan fingerprint density at radius 1 is 0.455 bits per heavy atom. The van der Waals surface area contributed by atoms with E-state index in [1.807, 2.05) is 72.8 Å². The minimum Gasteiger partial charge on any atom is -0.454 e. The fraction of sp³-hybridized carbons (Fsp3) is 0.100. The van der Waals surface area contributed by atoms with Crippen LogP contribution in [-0.4, -0.2) is 0 Å². The van der Waals surface area contributed by atoms with Gasteiger partial charge in [0.15, 0.2) is 16.9 Å². The van der Waals surface area contributed by atoms with Gasteiger partial charge in [-0.1, -0.05) is 125 Å². The summed E-state index contributed by atoms with van der Waals surface area (Å²) < 4.78 is 13.5. The summed E-state index contributed by atoms with van der Waals surface area (Å²) in [6, 6.07) is 61.2. The van der Waals surface area contributed by atoms with Crippen LogP contribution in [0, 0.1) is 17.9 Å². The van der Waals surface area contributed by atoms with Crippen LogP contribution >= 0.6 is 0 Å². The number of furan rings is 2. The fourth-order valence-electron chi connectivity index (χ4n) is 10.3. The summed E-state index contributed by atoms with van der Waals surface area (Å²) in [5, 5.41) is 21.1. The van der Waals surface area contributed by atoms with E-state index in [1.165, 1.54) is 32.7 Å². The first-order valence-electron chi connectivity index (χ1n) is 22.5. The number of nitrogens with zero attached hydrogens (tertiary/aromatic N) is 4. The Labute approximate surface area is 381 Å². The van der Waals surface area contributed by atoms with Crippen molar-refractivity contribution in [3.8, 4) is 6.07 Å². The van der Waals surface area contributed by atoms with Gasteiger partial charge >= 0.3 is 0 Å². The zero-order chi connectivity index (χ0) is 44.8. The highest BCUT2D eigenvalue weighted by Gasteiger charge is 2.28. The number of anilines is 6. The maximum atomic E-state index is 9.90. The first-order valence-corrected chi connectivity index (χ1v) is 22.5. The standard InChI is InChI=1S/C60H42N4O2/c1-35(2)49-32-53(63(39-24-20-37(34-61)21-25-39)51-16-10-14-45-41-12-6-8-18-55(41)65-59(45)51)47-30-28-44-50(36(3)4)33-54(48-31-29-43(49)57(47)58(44)48)64(40-26-22-38(62-5)23-27-40)52-17-11-15-46-42-13-7-9-19-56(42)66-60(46)52/h6-33,35-36H,1-4H3. The van der Waals surface area contributed by atoms with E-state index in [4.69, 9.17) is 15.4 Å². The van der Waals surface area contributed by atoms with Crippen molar-refractivity contribution in [2.45, 2.75) is 39.5 Å². The number of nitriles is 1. The van der Waals surface area contributed by atoms with Gasteiger partial charge in [0.1, 0.15) is 11.2 Å². The Morgan fingerprint density at radius 3 is 1.32 bits per heavy atom. The molecule has 2 heterocycles. The zero-order valence-electron chi connectivity index (χ0n) is 36.9. The maximum absolute atomic E-state index is 9.90. The third-order valence-electron chi connectivity index (χ3n) is 13.4. The van der Waals surface area contributed by atoms with E-state index in [2.05, 4.69) is 145 Å². The van der Waals surface area contributed by atoms with Gasteiger partial charge in [-0.05, 0) is 117 Å². The van der Waals surface area contributed by atoms with E-state index in [9.17, 15) is 5.26 Å². The zero-order valence-corrected chi connectivity index (χ0v) is 36.9. The molecule has 66 heavy (non-hydrogen) atoms. The monoisotopic (exact) mass is 850 g/mol. The first-order chi connectivity index (χ1) is 32.3. The highest BCUT2D eigenvalue weighted by Crippen LogP contribution is 2.53. The topological polar surface area (TPSA) is 60.9 Å². The highest BCUT2D eigenvalue weighted by atomic mass is 16.3. The maximum Gasteiger partial charge on any atom is 0.187 e. The smallest absolute Gasteiger partial charge is 0.187 e. The van der Waals surface area contributed by atoms with Crippen molar-refractivity contribution in [3.05, 3.63) is 198 Å². The lowest BCUT2D eigenvalue weighted by molar-refractivity contribution is 0.668. The number of hydrogen-bond donors (Lipinski definition) is 0. The lowest BCUT2D eigenvalue weighted by Gasteiger charge is -2.31. The second kappa shape index (κ2) is 15.0. The summed E-state index contributed by atoms with van der Waals surface area (Å²) in [4.78, 5) is 8.40. The summed E-state index contributed by atoms with van der Waals surface area (Å²) >= 11 is 0. The molecule has 0 bridgehead atoms. The van der Waals surface area contributed by atoms with Gasteiger partial charge in [-0.3, -0.25) is 0 Å². The van der Waals surface area contributed by atoms with Crippen LogP contribution in [0.4, 0.5) is 39.8 Å². The van der Waals surface area contributed by atoms with Crippen LogP contribution in [-0.2, 0) is 0 Å². The molecule has 0 amide bonds. The molecule has 0 aliphatic heterocycles. The molecule has 12 rings (SSSR count). The van der Waals surface area contributed by atoms with E-state index >= 15 is 0 Å². The van der Waals surface area contributed by atoms with E-state index in [0.29, 0.717) is 11.3 Å². The molecule has 0 saturated heterocycles. The van der Waals surface area contributed by atoms with Gasteiger partial charge in [-0.15, -0.1) is 0 Å². The van der Waals surface area contributed by atoms with Gasteiger partial charge in [0.2, 0.25) is 0 Å². The largest absolute Gasteiger partial charge is 0.454 e. The summed E-state index contributed by atoms with van der Waals surface area (Å²) in [5.74, 6) is 0.372. The van der Waals surface area contributed by atoms with Crippen molar-refractivity contribution in [1.29, 1.82) is 5.26 Å². The average molecular weight is 851 g/mol. The number of benzene rings is 10. The Balaban J connectivity index is 1.21. The average Bonchev–Trinajstić information content (AvgIpc) is 3.94. The molecule has 0 fully saturated rings. The number of para-hydroxylation sites is 4. The van der Waals surface area contributed by atoms with Crippen LogP contribution in [0.2, 0.25) is 0 Å². The molecule has 314 valence electrons. The van der Waals surface area contributed by atoms with E-state index in [-0.39, 0.29) is 11.8 Å². The van der Waals surface area contributed by atoms with Gasteiger partial charge in [0.25, 0.3) is 0 Å². The molecule has 0 unspecified atom stereocenters. The number of rotatable bonds is 8. The minimum absolute atomic E-state index is 0.185. The van der Waals surface area contributed by atoms with Crippen LogP contribution in [0.1, 0.15) is 56.2 Å². The quantitative estimate of drug-likeness (QED) is 0.113. The SMILES string of the molecule is [C-]#[N+]c1ccc(N(c2cc(C(C)C)c3ccc4c(N(c5ccc(C#N)cc5)c5cccc6c5oc5ccccc56)cc(C(C)C)c5ccc2c3c54)c2cccc3c2oc2ccccc23)cc1. The minimum atomic E-state index is 0.185. The van der Waals surface area contributed by atoms with Crippen molar-refractivity contribution in [3.63, 3.8) is 0 Å². The predicted molar refractivity (Wildman–Crippen MR) is 273 cm³/mol. The highest BCUT2D eigenvalue weighted by molar-refractivity contribution is 6.30. The van der Waals surface area contributed by atoms with Crippen LogP contribution in [0.3, 0.4) is 0 Å². The van der Waals surface area contributed by atoms with Crippen LogP contribution in [0.5, 0.6) is 0 Å². The van der Waals surface area contributed by atoms with Gasteiger partial charge in [0, 0.05) is 43.7 Å². The third kappa shape index (κ3) is 5.86. The molecular formula is C60H42N4O2. The van der Waals surface area contributed by atoms with Gasteiger partial charge < -0.3 is 18.6 Å². The van der Waals surface area contributed by atoms with Gasteiger partial charge in [-0.25, -0.2) is 4.85 Å². The second-order valence-corrected chi connectivity index (χ2v) is 17.8. The van der Waals surface area contributed by atoms with Crippen molar-refractivity contribution in [1.82, 2.24) is 0 Å². The lowest BCUT2D eigenvalue weighted by atomic mass is 9.84. The molecule has 6 nitrogen and oxygen atoms in total. The van der Waals surface area contributed by atoms with E-state index in [1.54, 1.807) is 0 Å². The molecule has 0 aliphatic rings. The van der Waals surface area contributed by atoms with Crippen LogP contribution in [0.15, 0.2) is 179 Å². The molecule has 0 spiro atoms. The Morgan fingerprint density at radius 2 is 0.879 bits per heavy atom. The third-order valence-corrected chi connectivity index (χ3v) is 13.4. The Kier molecular flexibility index (Phi) is 8.88. The van der Waals surface area contributed by atoms with Crippen molar-refractivity contribution >= 4 is 116 Å². The Bertz CT molecular complexity index is 3710. The van der Waals surface area contributed by atoms with Crippen LogP contribution in [0.25, 0.3) is 81.0 Å². The molecule has 2 aromatic heterocycles. The van der Waals surface area contributed by atoms with Crippen molar-refractivity contribution in [2.75, 3.05) is 9.80 Å². The van der Waals surface area contributed by atoms with Crippen molar-refractivity contribution in [2.24, 2.45) is 0 Å². The predicted octanol–water partition coefficient (Wildman–Crippen LogP) is 18.0. The van der Waals surface area contributed by atoms with Gasteiger partial charge in [-0.2, -0.15) is 5.26 Å². The van der Waals surface area contributed by atoms with Crippen molar-refractivity contribution < 1.29 is 8.83 Å². The summed E-state index contributed by atoms with van der Waals surface area (Å²) in [6.07, 6.45) is 0. The lowest BCUT2D eigenvalue weighted by Crippen LogP contribution is -2.13. The molecular weight excluding hydrogens is 809 g/mol. The molecule has 0 aliphatic carbocycles. The molecule has 0 atom stereocenters. The van der Waals surface area contributed by atoms with E-state index in [0.717, 1.165) is 88.8 Å². The summed E-state index contributed by atoms with van der Waals surface area (Å²) in [6.45, 7) is 16.9. The van der Waals surface area contributed by atoms with E-state index < -0.39 is 0 Å². The number of fused-ring (bicyclic) bond motifs is 6. The fourth-order valence-corrected chi connectivity index (χ4v) is 10.3. The molecule has 6 heteroatoms. The summed E-state index contributed by atoms with van der Waals surface area (Å²) in [5.41, 5.74) is 12.6. The van der Waals surface area contributed by atoms with Gasteiger partial charge in [0.05, 0.1) is 41.0 Å². The normalized spacial score (nSPS) is 11.9. The Hall–Kier alpha value is -8.58. The molecule has 10 aromatic carbocycles. The summed E-state index contributed by atoms with van der Waals surface area (Å²) in [7, 11) is 0. The molecule has 0 radical (unpaired) electrons. The van der Waals surface area contributed by atoms with Crippen LogP contribution < -0.4 is 9.80 Å². The molecule has 12 aromatic rings. The molecule has 0 saturated carbocycles. The molecule has 0 N–H and O–H groups in total. The first kappa shape index (κ1) is 39.0.